The van der Waals surface area contributed by atoms with E-state index in [0.29, 0.717) is 0 Å². The topological polar surface area (TPSA) is 35.5 Å². The Hall–Kier alpha value is -1.51. The van der Waals surface area contributed by atoms with Gasteiger partial charge < -0.3 is 9.47 Å². The number of ether oxygens (including phenoxy) is 2. The molecule has 0 aromatic heterocycles. The van der Waals surface area contributed by atoms with Crippen LogP contribution in [0.3, 0.4) is 0 Å². The van der Waals surface area contributed by atoms with Crippen molar-refractivity contribution < 1.29 is 14.3 Å². The molecule has 0 bridgehead atoms. The normalized spacial score (nSPS) is 24.1. The first-order valence-electron chi connectivity index (χ1n) is 6.69. The maximum atomic E-state index is 12.1. The molecule has 104 valence electrons. The van der Waals surface area contributed by atoms with Crippen molar-refractivity contribution in [2.45, 2.75) is 45.6 Å². The lowest BCUT2D eigenvalue weighted by atomic mass is 9.88. The summed E-state index contributed by atoms with van der Waals surface area (Å²) in [5.74, 6) is 0.687. The van der Waals surface area contributed by atoms with E-state index in [9.17, 15) is 4.79 Å². The van der Waals surface area contributed by atoms with E-state index < -0.39 is 5.41 Å². The van der Waals surface area contributed by atoms with Crippen LogP contribution in [-0.2, 0) is 14.9 Å². The van der Waals surface area contributed by atoms with E-state index >= 15 is 0 Å². The predicted octanol–water partition coefficient (Wildman–Crippen LogP) is 3.31. The van der Waals surface area contributed by atoms with Gasteiger partial charge in [-0.2, -0.15) is 0 Å². The molecular formula is C16H22O3. The molecule has 0 saturated heterocycles. The largest absolute Gasteiger partial charge is 0.491 e. The highest BCUT2D eigenvalue weighted by Crippen LogP contribution is 2.64. The molecule has 1 atom stereocenters. The third kappa shape index (κ3) is 2.22. The third-order valence-electron chi connectivity index (χ3n) is 3.99. The fraction of sp³-hybridized carbons (Fsp3) is 0.562. The lowest BCUT2D eigenvalue weighted by Gasteiger charge is -2.19. The smallest absolute Gasteiger partial charge is 0.316 e. The molecule has 0 heterocycles. The van der Waals surface area contributed by atoms with E-state index in [1.54, 1.807) is 0 Å². The molecule has 1 aromatic rings. The van der Waals surface area contributed by atoms with Gasteiger partial charge in [0.25, 0.3) is 0 Å². The fourth-order valence-electron chi connectivity index (χ4n) is 2.84. The highest BCUT2D eigenvalue weighted by atomic mass is 16.5. The molecule has 1 aromatic carbocycles. The van der Waals surface area contributed by atoms with E-state index in [4.69, 9.17) is 9.47 Å². The van der Waals surface area contributed by atoms with Gasteiger partial charge in [-0.15, -0.1) is 0 Å². The molecule has 0 amide bonds. The van der Waals surface area contributed by atoms with Gasteiger partial charge in [0, 0.05) is 0 Å². The molecule has 1 aliphatic rings. The van der Waals surface area contributed by atoms with Crippen molar-refractivity contribution in [2.75, 3.05) is 7.11 Å². The SMILES string of the molecule is COC(=O)C1(c2ccc(OC(C)C)cc2)CC1(C)C. The monoisotopic (exact) mass is 262 g/mol. The number of methoxy groups -OCH3 is 1. The van der Waals surface area contributed by atoms with Gasteiger partial charge >= 0.3 is 5.97 Å². The van der Waals surface area contributed by atoms with Gasteiger partial charge in [0.05, 0.1) is 18.6 Å². The van der Waals surface area contributed by atoms with Gasteiger partial charge in [0.2, 0.25) is 0 Å². The van der Waals surface area contributed by atoms with E-state index in [-0.39, 0.29) is 17.5 Å². The second-order valence-electron chi connectivity index (χ2n) is 6.15. The summed E-state index contributed by atoms with van der Waals surface area (Å²) in [6.45, 7) is 8.19. The van der Waals surface area contributed by atoms with E-state index in [0.717, 1.165) is 17.7 Å². The Balaban J connectivity index is 2.28. The Kier molecular flexibility index (Phi) is 3.33. The molecule has 0 spiro atoms. The Labute approximate surface area is 114 Å². The van der Waals surface area contributed by atoms with Crippen molar-refractivity contribution in [1.29, 1.82) is 0 Å². The zero-order chi connectivity index (χ0) is 14.3. The van der Waals surface area contributed by atoms with Crippen LogP contribution in [0.25, 0.3) is 0 Å². The quantitative estimate of drug-likeness (QED) is 0.781. The van der Waals surface area contributed by atoms with Gasteiger partial charge in [-0.1, -0.05) is 26.0 Å². The molecule has 0 radical (unpaired) electrons. The Morgan fingerprint density at radius 1 is 1.21 bits per heavy atom. The summed E-state index contributed by atoms with van der Waals surface area (Å²) >= 11 is 0. The average molecular weight is 262 g/mol. The van der Waals surface area contributed by atoms with Crippen LogP contribution >= 0.6 is 0 Å². The second kappa shape index (κ2) is 4.55. The number of esters is 1. The highest BCUT2D eigenvalue weighted by molar-refractivity contribution is 5.88. The van der Waals surface area contributed by atoms with Crippen LogP contribution in [0.4, 0.5) is 0 Å². The van der Waals surface area contributed by atoms with Crippen LogP contribution in [0.5, 0.6) is 5.75 Å². The molecule has 0 aliphatic heterocycles. The van der Waals surface area contributed by atoms with Crippen molar-refractivity contribution in [3.63, 3.8) is 0 Å². The Bertz CT molecular complexity index is 473. The van der Waals surface area contributed by atoms with Crippen LogP contribution in [0.15, 0.2) is 24.3 Å². The van der Waals surface area contributed by atoms with E-state index in [1.807, 2.05) is 38.1 Å². The number of carbonyl (C=O) groups is 1. The van der Waals surface area contributed by atoms with E-state index in [1.165, 1.54) is 7.11 Å². The molecule has 3 nitrogen and oxygen atoms in total. The van der Waals surface area contributed by atoms with Crippen molar-refractivity contribution in [2.24, 2.45) is 5.41 Å². The second-order valence-corrected chi connectivity index (χ2v) is 6.15. The molecule has 1 unspecified atom stereocenters. The summed E-state index contributed by atoms with van der Waals surface area (Å²) in [4.78, 5) is 12.1. The maximum Gasteiger partial charge on any atom is 0.316 e. The molecule has 0 N–H and O–H groups in total. The van der Waals surface area contributed by atoms with Crippen LogP contribution in [-0.4, -0.2) is 19.2 Å². The molecule has 3 heteroatoms. The lowest BCUT2D eigenvalue weighted by Crippen LogP contribution is -2.27. The number of carbonyl (C=O) groups excluding carboxylic acids is 1. The molecule has 1 saturated carbocycles. The minimum absolute atomic E-state index is 0.0412. The molecule has 1 aliphatic carbocycles. The van der Waals surface area contributed by atoms with Crippen molar-refractivity contribution in [3.8, 4) is 5.75 Å². The van der Waals surface area contributed by atoms with Crippen molar-refractivity contribution in [3.05, 3.63) is 29.8 Å². The van der Waals surface area contributed by atoms with Crippen LogP contribution in [0, 0.1) is 5.41 Å². The zero-order valence-corrected chi connectivity index (χ0v) is 12.3. The van der Waals surface area contributed by atoms with Gasteiger partial charge in [-0.25, -0.2) is 0 Å². The van der Waals surface area contributed by atoms with Gasteiger partial charge in [0.1, 0.15) is 5.75 Å². The molecule has 19 heavy (non-hydrogen) atoms. The summed E-state index contributed by atoms with van der Waals surface area (Å²) in [5.41, 5.74) is 0.485. The maximum absolute atomic E-state index is 12.1. The van der Waals surface area contributed by atoms with Gasteiger partial charge in [-0.3, -0.25) is 4.79 Å². The molecule has 1 fully saturated rings. The van der Waals surface area contributed by atoms with Gasteiger partial charge in [0.15, 0.2) is 0 Å². The minimum Gasteiger partial charge on any atom is -0.491 e. The first kappa shape index (κ1) is 13.9. The average Bonchev–Trinajstić information content (AvgIpc) is 2.93. The standard InChI is InChI=1S/C16H22O3/c1-11(2)19-13-8-6-12(7-9-13)16(14(17)18-5)10-15(16,3)4/h6-9,11H,10H2,1-5H3. The lowest BCUT2D eigenvalue weighted by molar-refractivity contribution is -0.144. The van der Waals surface area contributed by atoms with Crippen molar-refractivity contribution >= 4 is 5.97 Å². The van der Waals surface area contributed by atoms with Crippen LogP contribution in [0.2, 0.25) is 0 Å². The van der Waals surface area contributed by atoms with Crippen molar-refractivity contribution in [1.82, 2.24) is 0 Å². The minimum atomic E-state index is -0.488. The van der Waals surface area contributed by atoms with Crippen LogP contribution < -0.4 is 4.74 Å². The zero-order valence-electron chi connectivity index (χ0n) is 12.3. The van der Waals surface area contributed by atoms with Crippen LogP contribution in [0.1, 0.15) is 39.7 Å². The Morgan fingerprint density at radius 3 is 2.11 bits per heavy atom. The first-order valence-corrected chi connectivity index (χ1v) is 6.69. The molecule has 2 rings (SSSR count). The summed E-state index contributed by atoms with van der Waals surface area (Å²) in [6.07, 6.45) is 0.981. The third-order valence-corrected chi connectivity index (χ3v) is 3.99. The summed E-state index contributed by atoms with van der Waals surface area (Å²) < 4.78 is 10.6. The van der Waals surface area contributed by atoms with E-state index in [2.05, 4.69) is 13.8 Å². The summed E-state index contributed by atoms with van der Waals surface area (Å²) in [5, 5.41) is 0. The predicted molar refractivity (Wildman–Crippen MR) is 74.3 cm³/mol. The number of benzene rings is 1. The van der Waals surface area contributed by atoms with Gasteiger partial charge in [-0.05, 0) is 43.4 Å². The number of hydrogen-bond acceptors (Lipinski definition) is 3. The first-order chi connectivity index (χ1) is 8.83. The summed E-state index contributed by atoms with van der Waals surface area (Å²) in [7, 11) is 1.45. The highest BCUT2D eigenvalue weighted by Gasteiger charge is 2.68. The Morgan fingerprint density at radius 2 is 1.74 bits per heavy atom. The fourth-order valence-corrected chi connectivity index (χ4v) is 2.84. The number of hydrogen-bond donors (Lipinski definition) is 0. The summed E-state index contributed by atoms with van der Waals surface area (Å²) in [6, 6.07) is 7.80. The molecular weight excluding hydrogens is 240 g/mol. The number of rotatable bonds is 4.